The van der Waals surface area contributed by atoms with E-state index in [1.54, 1.807) is 20.0 Å². The summed E-state index contributed by atoms with van der Waals surface area (Å²) < 4.78 is 41.4. The number of carbonyl (C=O) groups is 1. The Morgan fingerprint density at radius 2 is 2.19 bits per heavy atom. The first-order valence-corrected chi connectivity index (χ1v) is 8.50. The van der Waals surface area contributed by atoms with Crippen LogP contribution in [0.15, 0.2) is 24.3 Å². The molecule has 0 N–H and O–H groups in total. The molecular weight excluding hydrogens is 297 g/mol. The summed E-state index contributed by atoms with van der Waals surface area (Å²) in [6, 6.07) is 5.22. The lowest BCUT2D eigenvalue weighted by molar-refractivity contribution is -0.138. The predicted octanol–water partition coefficient (Wildman–Crippen LogP) is 1.24. The van der Waals surface area contributed by atoms with Crippen LogP contribution < -0.4 is 4.74 Å². The molecule has 2 atom stereocenters. The van der Waals surface area contributed by atoms with Crippen molar-refractivity contribution in [3.8, 4) is 5.75 Å². The lowest BCUT2D eigenvalue weighted by atomic mass is 10.2. The summed E-state index contributed by atoms with van der Waals surface area (Å²) in [5, 5.41) is 0. The van der Waals surface area contributed by atoms with Gasteiger partial charge in [-0.2, -0.15) is 0 Å². The Balaban J connectivity index is 1.99. The number of hydrogen-bond donors (Lipinski definition) is 0. The third-order valence-electron chi connectivity index (χ3n) is 3.56. The second kappa shape index (κ2) is 6.01. The van der Waals surface area contributed by atoms with Crippen LogP contribution in [0.1, 0.15) is 13.3 Å². The van der Waals surface area contributed by atoms with E-state index in [0.29, 0.717) is 6.42 Å². The van der Waals surface area contributed by atoms with E-state index in [1.807, 2.05) is 0 Å². The molecule has 0 bridgehead atoms. The summed E-state index contributed by atoms with van der Waals surface area (Å²) in [4.78, 5) is 13.7. The number of nitrogens with zero attached hydrogens (tertiary/aromatic N) is 1. The van der Waals surface area contributed by atoms with Crippen LogP contribution in [0.4, 0.5) is 4.39 Å². The summed E-state index contributed by atoms with van der Waals surface area (Å²) in [6.07, 6.45) is -0.364. The highest BCUT2D eigenvalue weighted by atomic mass is 32.2. The molecule has 2 rings (SSSR count). The van der Waals surface area contributed by atoms with Crippen LogP contribution in [0.5, 0.6) is 5.75 Å². The van der Waals surface area contributed by atoms with E-state index in [1.165, 1.54) is 23.1 Å². The molecule has 7 heteroatoms. The zero-order valence-electron chi connectivity index (χ0n) is 12.0. The molecule has 116 valence electrons. The van der Waals surface area contributed by atoms with Crippen LogP contribution in [0.25, 0.3) is 0 Å². The Bertz CT molecular complexity index is 632. The fourth-order valence-electron chi connectivity index (χ4n) is 2.34. The molecule has 1 amide bonds. The first-order valence-electron chi connectivity index (χ1n) is 6.68. The van der Waals surface area contributed by atoms with E-state index in [9.17, 15) is 17.6 Å². The largest absolute Gasteiger partial charge is 0.481 e. The summed E-state index contributed by atoms with van der Waals surface area (Å²) in [7, 11) is -1.48. The molecule has 0 unspecified atom stereocenters. The summed E-state index contributed by atoms with van der Waals surface area (Å²) >= 11 is 0. The lowest BCUT2D eigenvalue weighted by Crippen LogP contribution is -2.44. The lowest BCUT2D eigenvalue weighted by Gasteiger charge is -2.26. The van der Waals surface area contributed by atoms with Gasteiger partial charge in [-0.3, -0.25) is 4.79 Å². The van der Waals surface area contributed by atoms with E-state index in [-0.39, 0.29) is 29.2 Å². The SMILES string of the molecule is C[C@H](Oc1cccc(F)c1)C(=O)N(C)[C@H]1CCS(=O)(=O)C1. The first-order chi connectivity index (χ1) is 9.78. The normalized spacial score (nSPS) is 21.8. The molecule has 1 aliphatic rings. The molecule has 0 aromatic heterocycles. The van der Waals surface area contributed by atoms with Crippen molar-refractivity contribution in [3.63, 3.8) is 0 Å². The van der Waals surface area contributed by atoms with E-state index >= 15 is 0 Å². The molecule has 1 aromatic rings. The van der Waals surface area contributed by atoms with Crippen LogP contribution >= 0.6 is 0 Å². The van der Waals surface area contributed by atoms with Gasteiger partial charge in [0.15, 0.2) is 15.9 Å². The predicted molar refractivity (Wildman–Crippen MR) is 76.3 cm³/mol. The molecule has 0 aliphatic carbocycles. The smallest absolute Gasteiger partial charge is 0.263 e. The fraction of sp³-hybridized carbons (Fsp3) is 0.500. The molecule has 0 spiro atoms. The zero-order valence-corrected chi connectivity index (χ0v) is 12.8. The van der Waals surface area contributed by atoms with Gasteiger partial charge in [0.05, 0.1) is 11.5 Å². The maximum absolute atomic E-state index is 13.1. The minimum absolute atomic E-state index is 0.0120. The molecule has 1 heterocycles. The second-order valence-corrected chi connectivity index (χ2v) is 7.45. The summed E-state index contributed by atoms with van der Waals surface area (Å²) in [5.41, 5.74) is 0. The first kappa shape index (κ1) is 15.8. The highest BCUT2D eigenvalue weighted by molar-refractivity contribution is 7.91. The second-order valence-electron chi connectivity index (χ2n) is 5.22. The number of ether oxygens (including phenoxy) is 1. The number of sulfone groups is 1. The van der Waals surface area contributed by atoms with Crippen molar-refractivity contribution in [3.05, 3.63) is 30.1 Å². The van der Waals surface area contributed by atoms with Crippen molar-refractivity contribution in [2.75, 3.05) is 18.6 Å². The molecule has 1 saturated heterocycles. The number of amides is 1. The Hall–Kier alpha value is -1.63. The van der Waals surface area contributed by atoms with Gasteiger partial charge in [0.2, 0.25) is 0 Å². The van der Waals surface area contributed by atoms with Gasteiger partial charge in [0.1, 0.15) is 11.6 Å². The van der Waals surface area contributed by atoms with Crippen molar-refractivity contribution in [2.45, 2.75) is 25.5 Å². The van der Waals surface area contributed by atoms with Gasteiger partial charge in [0.25, 0.3) is 5.91 Å². The van der Waals surface area contributed by atoms with Gasteiger partial charge in [0, 0.05) is 19.2 Å². The maximum Gasteiger partial charge on any atom is 0.263 e. The van der Waals surface area contributed by atoms with Gasteiger partial charge >= 0.3 is 0 Å². The van der Waals surface area contributed by atoms with Crippen molar-refractivity contribution in [2.24, 2.45) is 0 Å². The van der Waals surface area contributed by atoms with Gasteiger partial charge in [-0.25, -0.2) is 12.8 Å². The van der Waals surface area contributed by atoms with Crippen LogP contribution in [0, 0.1) is 5.82 Å². The number of halogens is 1. The standard InChI is InChI=1S/C14H18FNO4S/c1-10(20-13-5-3-4-11(15)8-13)14(17)16(2)12-6-7-21(18,19)9-12/h3-5,8,10,12H,6-7,9H2,1-2H3/t10-,12-/m0/s1. The molecule has 0 radical (unpaired) electrons. The van der Waals surface area contributed by atoms with Gasteiger partial charge < -0.3 is 9.64 Å². The molecule has 1 fully saturated rings. The van der Waals surface area contributed by atoms with Crippen LogP contribution in [0.2, 0.25) is 0 Å². The molecule has 5 nitrogen and oxygen atoms in total. The summed E-state index contributed by atoms with van der Waals surface area (Å²) in [6.45, 7) is 1.56. The van der Waals surface area contributed by atoms with Crippen LogP contribution in [0.3, 0.4) is 0 Å². The third kappa shape index (κ3) is 3.93. The monoisotopic (exact) mass is 315 g/mol. The Morgan fingerprint density at radius 1 is 1.48 bits per heavy atom. The van der Waals surface area contributed by atoms with Crippen LogP contribution in [-0.2, 0) is 14.6 Å². The van der Waals surface area contributed by atoms with Crippen molar-refractivity contribution >= 4 is 15.7 Å². The zero-order chi connectivity index (χ0) is 15.6. The van der Waals surface area contributed by atoms with E-state index < -0.39 is 21.8 Å². The molecule has 0 saturated carbocycles. The van der Waals surface area contributed by atoms with E-state index in [0.717, 1.165) is 0 Å². The van der Waals surface area contributed by atoms with Gasteiger partial charge in [-0.15, -0.1) is 0 Å². The number of hydrogen-bond acceptors (Lipinski definition) is 4. The Kier molecular flexibility index (Phi) is 4.51. The number of carbonyl (C=O) groups excluding carboxylic acids is 1. The number of benzene rings is 1. The molecule has 21 heavy (non-hydrogen) atoms. The van der Waals surface area contributed by atoms with Gasteiger partial charge in [-0.05, 0) is 25.5 Å². The number of rotatable bonds is 4. The van der Waals surface area contributed by atoms with Crippen molar-refractivity contribution in [1.29, 1.82) is 0 Å². The third-order valence-corrected chi connectivity index (χ3v) is 5.31. The summed E-state index contributed by atoms with van der Waals surface area (Å²) in [5.74, 6) is -0.400. The number of likely N-dealkylation sites (N-methyl/N-ethyl adjacent to an activating group) is 1. The van der Waals surface area contributed by atoms with E-state index in [2.05, 4.69) is 0 Å². The highest BCUT2D eigenvalue weighted by Crippen LogP contribution is 2.19. The molecule has 1 aliphatic heterocycles. The fourth-order valence-corrected chi connectivity index (χ4v) is 4.12. The Morgan fingerprint density at radius 3 is 2.76 bits per heavy atom. The molecular formula is C14H18FNO4S. The topological polar surface area (TPSA) is 63.7 Å². The van der Waals surface area contributed by atoms with E-state index in [4.69, 9.17) is 4.74 Å². The van der Waals surface area contributed by atoms with Crippen molar-refractivity contribution in [1.82, 2.24) is 4.90 Å². The minimum atomic E-state index is -3.05. The average molecular weight is 315 g/mol. The van der Waals surface area contributed by atoms with Gasteiger partial charge in [-0.1, -0.05) is 6.07 Å². The molecule has 1 aromatic carbocycles. The highest BCUT2D eigenvalue weighted by Gasteiger charge is 2.34. The minimum Gasteiger partial charge on any atom is -0.481 e. The van der Waals surface area contributed by atoms with Crippen LogP contribution in [-0.4, -0.2) is 49.9 Å². The maximum atomic E-state index is 13.1. The quantitative estimate of drug-likeness (QED) is 0.838. The average Bonchev–Trinajstić information content (AvgIpc) is 2.77. The Labute approximate surface area is 123 Å². The van der Waals surface area contributed by atoms with Crippen molar-refractivity contribution < 1.29 is 22.3 Å².